The van der Waals surface area contributed by atoms with Gasteiger partial charge in [0.1, 0.15) is 0 Å². The molecule has 1 aromatic heterocycles. The molecule has 0 radical (unpaired) electrons. The van der Waals surface area contributed by atoms with Gasteiger partial charge in [0.05, 0.1) is 12.3 Å². The Bertz CT molecular complexity index is 767. The molecule has 0 spiro atoms. The van der Waals surface area contributed by atoms with Crippen molar-refractivity contribution in [2.24, 2.45) is 0 Å². The van der Waals surface area contributed by atoms with E-state index >= 15 is 0 Å². The Morgan fingerprint density at radius 2 is 1.73 bits per heavy atom. The van der Waals surface area contributed by atoms with Crippen LogP contribution in [0.15, 0.2) is 28.7 Å². The highest BCUT2D eigenvalue weighted by molar-refractivity contribution is 6.30. The standard InChI is InChI=1S/C15H10ClF6NO3/c16-9-5-3-8(4-6-9)12-23-10(11(26-12)14(17,18)19)2-1-7-25-13(24)15(20,21)22/h3-6H,1-2,7H2. The molecule has 0 saturated heterocycles. The molecular weight excluding hydrogens is 392 g/mol. The number of oxazole rings is 1. The number of carbonyl (C=O) groups is 1. The minimum atomic E-state index is -5.16. The first-order valence-electron chi connectivity index (χ1n) is 7.05. The highest BCUT2D eigenvalue weighted by Crippen LogP contribution is 2.36. The van der Waals surface area contributed by atoms with Crippen molar-refractivity contribution >= 4 is 17.6 Å². The van der Waals surface area contributed by atoms with Crippen molar-refractivity contribution in [1.29, 1.82) is 0 Å². The largest absolute Gasteiger partial charge is 0.490 e. The molecule has 0 unspecified atom stereocenters. The van der Waals surface area contributed by atoms with Crippen LogP contribution in [0, 0.1) is 0 Å². The van der Waals surface area contributed by atoms with Crippen molar-refractivity contribution in [2.75, 3.05) is 6.61 Å². The number of carbonyl (C=O) groups excluding carboxylic acids is 1. The van der Waals surface area contributed by atoms with Gasteiger partial charge in [0.15, 0.2) is 0 Å². The van der Waals surface area contributed by atoms with Crippen LogP contribution in [0.25, 0.3) is 11.5 Å². The third-order valence-corrected chi connectivity index (χ3v) is 3.32. The minimum Gasteiger partial charge on any atom is -0.459 e. The first kappa shape index (κ1) is 20.1. The smallest absolute Gasteiger partial charge is 0.459 e. The van der Waals surface area contributed by atoms with Gasteiger partial charge in [-0.05, 0) is 37.1 Å². The van der Waals surface area contributed by atoms with E-state index in [1.54, 1.807) is 0 Å². The predicted octanol–water partition coefficient (Wildman–Crippen LogP) is 5.05. The lowest BCUT2D eigenvalue weighted by molar-refractivity contribution is -0.199. The van der Waals surface area contributed by atoms with Crippen molar-refractivity contribution in [3.8, 4) is 11.5 Å². The zero-order valence-corrected chi connectivity index (χ0v) is 13.5. The Balaban J connectivity index is 2.12. The summed E-state index contributed by atoms with van der Waals surface area (Å²) in [6.07, 6.45) is -10.7. The number of esters is 1. The lowest BCUT2D eigenvalue weighted by Gasteiger charge is -2.07. The number of rotatable bonds is 5. The number of nitrogens with zero attached hydrogens (tertiary/aromatic N) is 1. The van der Waals surface area contributed by atoms with Gasteiger partial charge in [0, 0.05) is 10.6 Å². The van der Waals surface area contributed by atoms with E-state index in [-0.39, 0.29) is 17.9 Å². The van der Waals surface area contributed by atoms with Gasteiger partial charge in [-0.15, -0.1) is 0 Å². The quantitative estimate of drug-likeness (QED) is 0.399. The van der Waals surface area contributed by atoms with E-state index in [0.29, 0.717) is 5.02 Å². The zero-order chi connectivity index (χ0) is 19.5. The van der Waals surface area contributed by atoms with E-state index in [9.17, 15) is 31.1 Å². The topological polar surface area (TPSA) is 52.3 Å². The van der Waals surface area contributed by atoms with Gasteiger partial charge in [0.25, 0.3) is 0 Å². The number of aromatic nitrogens is 1. The maximum absolute atomic E-state index is 13.0. The summed E-state index contributed by atoms with van der Waals surface area (Å²) < 4.78 is 83.8. The molecule has 0 bridgehead atoms. The molecule has 0 aliphatic carbocycles. The number of hydrogen-bond acceptors (Lipinski definition) is 4. The van der Waals surface area contributed by atoms with Crippen molar-refractivity contribution in [3.63, 3.8) is 0 Å². The number of benzene rings is 1. The summed E-state index contributed by atoms with van der Waals surface area (Å²) in [5, 5.41) is 0.364. The average Bonchev–Trinajstić information content (AvgIpc) is 2.95. The highest BCUT2D eigenvalue weighted by Gasteiger charge is 2.41. The summed E-state index contributed by atoms with van der Waals surface area (Å²) in [5.74, 6) is -4.07. The Morgan fingerprint density at radius 1 is 1.12 bits per heavy atom. The molecule has 0 N–H and O–H groups in total. The molecule has 142 valence electrons. The molecule has 0 fully saturated rings. The number of alkyl halides is 6. The van der Waals surface area contributed by atoms with Crippen LogP contribution in [0.4, 0.5) is 26.3 Å². The maximum atomic E-state index is 13.0. The first-order chi connectivity index (χ1) is 12.0. The van der Waals surface area contributed by atoms with E-state index < -0.39 is 42.8 Å². The molecule has 1 aromatic carbocycles. The Labute approximate surface area is 147 Å². The van der Waals surface area contributed by atoms with E-state index in [4.69, 9.17) is 16.0 Å². The first-order valence-corrected chi connectivity index (χ1v) is 7.43. The van der Waals surface area contributed by atoms with Gasteiger partial charge in [-0.1, -0.05) is 11.6 Å². The summed E-state index contributed by atoms with van der Waals surface area (Å²) >= 11 is 5.70. The second-order valence-corrected chi connectivity index (χ2v) is 5.47. The predicted molar refractivity (Wildman–Crippen MR) is 77.3 cm³/mol. The highest BCUT2D eigenvalue weighted by atomic mass is 35.5. The van der Waals surface area contributed by atoms with Crippen LogP contribution in [-0.4, -0.2) is 23.7 Å². The number of halogens is 7. The number of hydrogen-bond donors (Lipinski definition) is 0. The molecule has 1 heterocycles. The fraction of sp³-hybridized carbons (Fsp3) is 0.333. The Hall–Kier alpha value is -2.23. The van der Waals surface area contributed by atoms with E-state index in [1.165, 1.54) is 24.3 Å². The lowest BCUT2D eigenvalue weighted by Crippen LogP contribution is -2.25. The van der Waals surface area contributed by atoms with Crippen LogP contribution >= 0.6 is 11.6 Å². The van der Waals surface area contributed by atoms with Crippen molar-refractivity contribution in [2.45, 2.75) is 25.2 Å². The van der Waals surface area contributed by atoms with Crippen molar-refractivity contribution in [1.82, 2.24) is 4.98 Å². The number of ether oxygens (including phenoxy) is 1. The van der Waals surface area contributed by atoms with E-state index in [2.05, 4.69) is 9.72 Å². The van der Waals surface area contributed by atoms with Crippen LogP contribution in [0.1, 0.15) is 17.9 Å². The van der Waals surface area contributed by atoms with E-state index in [1.807, 2.05) is 0 Å². The third kappa shape index (κ3) is 5.13. The summed E-state index contributed by atoms with van der Waals surface area (Å²) in [7, 11) is 0. The minimum absolute atomic E-state index is 0.245. The molecular formula is C15H10ClF6NO3. The molecule has 0 aliphatic rings. The molecule has 0 amide bonds. The summed E-state index contributed by atoms with van der Waals surface area (Å²) in [6, 6.07) is 5.68. The molecule has 0 saturated carbocycles. The second-order valence-electron chi connectivity index (χ2n) is 5.04. The molecule has 2 aromatic rings. The fourth-order valence-electron chi connectivity index (χ4n) is 1.94. The van der Waals surface area contributed by atoms with Crippen molar-refractivity contribution < 1.29 is 40.3 Å². The SMILES string of the molecule is O=C(OCCCc1nc(-c2ccc(Cl)cc2)oc1C(F)(F)F)C(F)(F)F. The third-order valence-electron chi connectivity index (χ3n) is 3.07. The number of aryl methyl sites for hydroxylation is 1. The molecule has 2 rings (SSSR count). The molecule has 26 heavy (non-hydrogen) atoms. The fourth-order valence-corrected chi connectivity index (χ4v) is 2.07. The normalized spacial score (nSPS) is 12.3. The summed E-state index contributed by atoms with van der Waals surface area (Å²) in [6.45, 7) is -0.710. The second kappa shape index (κ2) is 7.56. The van der Waals surface area contributed by atoms with Gasteiger partial charge < -0.3 is 9.15 Å². The Kier molecular flexibility index (Phi) is 5.84. The lowest BCUT2D eigenvalue weighted by atomic mass is 10.2. The van der Waals surface area contributed by atoms with Gasteiger partial charge >= 0.3 is 18.3 Å². The van der Waals surface area contributed by atoms with Gasteiger partial charge in [-0.2, -0.15) is 26.3 Å². The molecule has 4 nitrogen and oxygen atoms in total. The Morgan fingerprint density at radius 3 is 2.27 bits per heavy atom. The van der Waals surface area contributed by atoms with Gasteiger partial charge in [0.2, 0.25) is 11.7 Å². The van der Waals surface area contributed by atoms with Crippen LogP contribution in [-0.2, 0) is 22.1 Å². The van der Waals surface area contributed by atoms with E-state index in [0.717, 1.165) is 0 Å². The molecule has 11 heteroatoms. The van der Waals surface area contributed by atoms with Gasteiger partial charge in [-0.3, -0.25) is 0 Å². The molecule has 0 atom stereocenters. The van der Waals surface area contributed by atoms with Crippen LogP contribution < -0.4 is 0 Å². The zero-order valence-electron chi connectivity index (χ0n) is 12.7. The maximum Gasteiger partial charge on any atom is 0.490 e. The van der Waals surface area contributed by atoms with Gasteiger partial charge in [-0.25, -0.2) is 9.78 Å². The summed E-state index contributed by atoms with van der Waals surface area (Å²) in [5.41, 5.74) is -0.250. The van der Waals surface area contributed by atoms with Crippen LogP contribution in [0.3, 0.4) is 0 Å². The average molecular weight is 402 g/mol. The molecule has 0 aliphatic heterocycles. The summed E-state index contributed by atoms with van der Waals surface area (Å²) in [4.78, 5) is 14.3. The van der Waals surface area contributed by atoms with Crippen molar-refractivity contribution in [3.05, 3.63) is 40.7 Å². The van der Waals surface area contributed by atoms with Crippen LogP contribution in [0.2, 0.25) is 5.02 Å². The monoisotopic (exact) mass is 401 g/mol. The van der Waals surface area contributed by atoms with Crippen LogP contribution in [0.5, 0.6) is 0 Å².